The molecule has 0 radical (unpaired) electrons. The fraction of sp³-hybridized carbons (Fsp3) is 1.00. The van der Waals surface area contributed by atoms with Crippen LogP contribution in [-0.4, -0.2) is 36.9 Å². The van der Waals surface area contributed by atoms with Gasteiger partial charge in [-0.2, -0.15) is 0 Å². The first-order valence-corrected chi connectivity index (χ1v) is 4.32. The minimum absolute atomic E-state index is 0.200. The van der Waals surface area contributed by atoms with Gasteiger partial charge in [0.15, 0.2) is 0 Å². The number of rotatable bonds is 3. The average Bonchev–Trinajstić information content (AvgIpc) is 2.31. The van der Waals surface area contributed by atoms with Crippen molar-refractivity contribution in [1.82, 2.24) is 10.6 Å². The molecule has 0 unspecified atom stereocenters. The summed E-state index contributed by atoms with van der Waals surface area (Å²) >= 11 is 0. The SMILES string of the molecule is CC(C)CN[C@@H]1CNC[C@H]1O. The number of hydrogen-bond donors (Lipinski definition) is 3. The number of hydrogen-bond acceptors (Lipinski definition) is 3. The first-order valence-electron chi connectivity index (χ1n) is 4.32. The molecule has 1 heterocycles. The van der Waals surface area contributed by atoms with Crippen molar-refractivity contribution < 1.29 is 5.11 Å². The van der Waals surface area contributed by atoms with Gasteiger partial charge in [-0.05, 0) is 12.5 Å². The van der Waals surface area contributed by atoms with Crippen LogP contribution < -0.4 is 10.6 Å². The molecular formula is C8H18N2O. The minimum Gasteiger partial charge on any atom is -0.390 e. The topological polar surface area (TPSA) is 44.3 Å². The Labute approximate surface area is 68.2 Å². The van der Waals surface area contributed by atoms with Crippen molar-refractivity contribution in [3.8, 4) is 0 Å². The van der Waals surface area contributed by atoms with E-state index in [2.05, 4.69) is 24.5 Å². The maximum atomic E-state index is 9.38. The van der Waals surface area contributed by atoms with Gasteiger partial charge in [-0.15, -0.1) is 0 Å². The van der Waals surface area contributed by atoms with Gasteiger partial charge < -0.3 is 15.7 Å². The molecule has 1 fully saturated rings. The molecule has 1 aliphatic rings. The van der Waals surface area contributed by atoms with Gasteiger partial charge in [-0.25, -0.2) is 0 Å². The van der Waals surface area contributed by atoms with Crippen molar-refractivity contribution in [2.24, 2.45) is 5.92 Å². The van der Waals surface area contributed by atoms with Crippen LogP contribution in [0.2, 0.25) is 0 Å². The van der Waals surface area contributed by atoms with Crippen molar-refractivity contribution in [2.75, 3.05) is 19.6 Å². The van der Waals surface area contributed by atoms with E-state index in [1.807, 2.05) is 0 Å². The summed E-state index contributed by atoms with van der Waals surface area (Å²) in [7, 11) is 0. The highest BCUT2D eigenvalue weighted by Crippen LogP contribution is 1.99. The Morgan fingerprint density at radius 1 is 1.55 bits per heavy atom. The summed E-state index contributed by atoms with van der Waals surface area (Å²) in [6, 6.07) is 0.261. The zero-order valence-corrected chi connectivity index (χ0v) is 7.30. The van der Waals surface area contributed by atoms with Crippen molar-refractivity contribution >= 4 is 0 Å². The van der Waals surface area contributed by atoms with E-state index >= 15 is 0 Å². The van der Waals surface area contributed by atoms with Crippen molar-refractivity contribution in [2.45, 2.75) is 26.0 Å². The minimum atomic E-state index is -0.200. The quantitative estimate of drug-likeness (QED) is 0.522. The third-order valence-corrected chi connectivity index (χ3v) is 1.97. The fourth-order valence-electron chi connectivity index (χ4n) is 1.26. The molecule has 2 atom stereocenters. The third-order valence-electron chi connectivity index (χ3n) is 1.97. The zero-order chi connectivity index (χ0) is 8.27. The van der Waals surface area contributed by atoms with Crippen molar-refractivity contribution in [3.63, 3.8) is 0 Å². The summed E-state index contributed by atoms with van der Waals surface area (Å²) in [4.78, 5) is 0. The number of β-amino-alcohol motifs (C(OH)–C–C–N with tert-alkyl or cyclic N) is 1. The van der Waals surface area contributed by atoms with Crippen LogP contribution in [0, 0.1) is 5.92 Å². The van der Waals surface area contributed by atoms with E-state index in [1.54, 1.807) is 0 Å². The lowest BCUT2D eigenvalue weighted by Crippen LogP contribution is -2.40. The van der Waals surface area contributed by atoms with Crippen LogP contribution in [0.25, 0.3) is 0 Å². The molecule has 0 aromatic heterocycles. The Balaban J connectivity index is 2.15. The molecule has 0 bridgehead atoms. The smallest absolute Gasteiger partial charge is 0.0829 e. The van der Waals surface area contributed by atoms with E-state index in [0.29, 0.717) is 5.92 Å². The van der Waals surface area contributed by atoms with Gasteiger partial charge in [-0.3, -0.25) is 0 Å². The Kier molecular flexibility index (Phi) is 3.30. The molecule has 1 saturated heterocycles. The Morgan fingerprint density at radius 3 is 2.73 bits per heavy atom. The van der Waals surface area contributed by atoms with E-state index in [4.69, 9.17) is 0 Å². The molecule has 0 amide bonds. The van der Waals surface area contributed by atoms with E-state index in [9.17, 15) is 5.11 Å². The molecule has 66 valence electrons. The van der Waals surface area contributed by atoms with Gasteiger partial charge in [-0.1, -0.05) is 13.8 Å². The van der Waals surface area contributed by atoms with Crippen LogP contribution in [0.5, 0.6) is 0 Å². The highest BCUT2D eigenvalue weighted by Gasteiger charge is 2.23. The van der Waals surface area contributed by atoms with E-state index in [-0.39, 0.29) is 12.1 Å². The molecule has 3 N–H and O–H groups in total. The lowest BCUT2D eigenvalue weighted by Gasteiger charge is -2.16. The molecule has 0 aliphatic carbocycles. The van der Waals surface area contributed by atoms with Gasteiger partial charge in [0, 0.05) is 19.1 Å². The molecular weight excluding hydrogens is 140 g/mol. The maximum Gasteiger partial charge on any atom is 0.0829 e. The standard InChI is InChI=1S/C8H18N2O/c1-6(2)3-10-7-4-9-5-8(7)11/h6-11H,3-5H2,1-2H3/t7-,8-/m1/s1. The average molecular weight is 158 g/mol. The van der Waals surface area contributed by atoms with E-state index in [0.717, 1.165) is 19.6 Å². The first-order chi connectivity index (χ1) is 5.20. The van der Waals surface area contributed by atoms with Gasteiger partial charge in [0.25, 0.3) is 0 Å². The van der Waals surface area contributed by atoms with Gasteiger partial charge in [0.1, 0.15) is 0 Å². The second-order valence-electron chi connectivity index (χ2n) is 3.63. The highest BCUT2D eigenvalue weighted by molar-refractivity contribution is 4.86. The summed E-state index contributed by atoms with van der Waals surface area (Å²) in [5, 5.41) is 15.8. The molecule has 1 rings (SSSR count). The molecule has 0 spiro atoms. The second-order valence-corrected chi connectivity index (χ2v) is 3.63. The molecule has 0 aromatic rings. The molecule has 3 heteroatoms. The van der Waals surface area contributed by atoms with Crippen LogP contribution in [-0.2, 0) is 0 Å². The zero-order valence-electron chi connectivity index (χ0n) is 7.30. The summed E-state index contributed by atoms with van der Waals surface area (Å²) in [5.74, 6) is 0.655. The van der Waals surface area contributed by atoms with Gasteiger partial charge in [0.2, 0.25) is 0 Å². The van der Waals surface area contributed by atoms with Crippen LogP contribution in [0.15, 0.2) is 0 Å². The van der Waals surface area contributed by atoms with Crippen molar-refractivity contribution in [3.05, 3.63) is 0 Å². The molecule has 0 saturated carbocycles. The summed E-state index contributed by atoms with van der Waals surface area (Å²) in [6.45, 7) is 6.95. The monoisotopic (exact) mass is 158 g/mol. The fourth-order valence-corrected chi connectivity index (χ4v) is 1.26. The van der Waals surface area contributed by atoms with Gasteiger partial charge >= 0.3 is 0 Å². The third kappa shape index (κ3) is 2.77. The van der Waals surface area contributed by atoms with Crippen LogP contribution in [0.1, 0.15) is 13.8 Å². The maximum absolute atomic E-state index is 9.38. The molecule has 1 aliphatic heterocycles. The molecule has 0 aromatic carbocycles. The van der Waals surface area contributed by atoms with E-state index in [1.165, 1.54) is 0 Å². The normalized spacial score (nSPS) is 31.6. The lowest BCUT2D eigenvalue weighted by atomic mass is 10.1. The molecule has 3 nitrogen and oxygen atoms in total. The van der Waals surface area contributed by atoms with Crippen LogP contribution >= 0.6 is 0 Å². The Morgan fingerprint density at radius 2 is 2.27 bits per heavy atom. The summed E-state index contributed by atoms with van der Waals surface area (Å²) < 4.78 is 0. The summed E-state index contributed by atoms with van der Waals surface area (Å²) in [6.07, 6.45) is -0.200. The number of nitrogens with one attached hydrogen (secondary N) is 2. The number of aliphatic hydroxyl groups excluding tert-OH is 1. The number of aliphatic hydroxyl groups is 1. The second kappa shape index (κ2) is 4.04. The first kappa shape index (κ1) is 8.97. The predicted molar refractivity (Wildman–Crippen MR) is 45.5 cm³/mol. The largest absolute Gasteiger partial charge is 0.390 e. The highest BCUT2D eigenvalue weighted by atomic mass is 16.3. The van der Waals surface area contributed by atoms with Crippen LogP contribution in [0.4, 0.5) is 0 Å². The summed E-state index contributed by atoms with van der Waals surface area (Å²) in [5.41, 5.74) is 0. The predicted octanol–water partition coefficient (Wildman–Crippen LogP) is -0.435. The Hall–Kier alpha value is -0.120. The Bertz CT molecular complexity index is 117. The molecule has 11 heavy (non-hydrogen) atoms. The van der Waals surface area contributed by atoms with Crippen LogP contribution in [0.3, 0.4) is 0 Å². The van der Waals surface area contributed by atoms with Crippen molar-refractivity contribution in [1.29, 1.82) is 0 Å². The van der Waals surface area contributed by atoms with E-state index < -0.39 is 0 Å². The lowest BCUT2D eigenvalue weighted by molar-refractivity contribution is 0.161. The van der Waals surface area contributed by atoms with Gasteiger partial charge in [0.05, 0.1) is 6.10 Å².